The van der Waals surface area contributed by atoms with Crippen LogP contribution in [0.5, 0.6) is 5.75 Å². The Hall–Kier alpha value is -2.14. The number of carbonyl (C=O) groups excluding carboxylic acids is 2. The van der Waals surface area contributed by atoms with Gasteiger partial charge in [0.25, 0.3) is 0 Å². The summed E-state index contributed by atoms with van der Waals surface area (Å²) in [6.07, 6.45) is 5.40. The maximum Gasteiger partial charge on any atom is 0.234 e. The predicted molar refractivity (Wildman–Crippen MR) is 86.5 cm³/mol. The molecule has 0 unspecified atom stereocenters. The summed E-state index contributed by atoms with van der Waals surface area (Å²) in [4.78, 5) is 28.3. The van der Waals surface area contributed by atoms with Gasteiger partial charge in [-0.1, -0.05) is 24.3 Å². The van der Waals surface area contributed by atoms with E-state index in [2.05, 4.69) is 0 Å². The predicted octanol–water partition coefficient (Wildman–Crippen LogP) is 2.04. The number of hydrogen-bond donors (Lipinski definition) is 0. The van der Waals surface area contributed by atoms with Crippen LogP contribution in [0.2, 0.25) is 0 Å². The van der Waals surface area contributed by atoms with E-state index in [4.69, 9.17) is 4.74 Å². The summed E-state index contributed by atoms with van der Waals surface area (Å²) < 4.78 is 5.15. The highest BCUT2D eigenvalue weighted by Gasteiger charge is 2.47. The number of fused-ring (bicyclic) bond motifs is 1. The number of imide groups is 1. The lowest BCUT2D eigenvalue weighted by Crippen LogP contribution is -2.40. The molecule has 1 aliphatic heterocycles. The molecule has 0 radical (unpaired) electrons. The van der Waals surface area contributed by atoms with Crippen molar-refractivity contribution in [2.45, 2.75) is 19.4 Å². The van der Waals surface area contributed by atoms with Gasteiger partial charge in [-0.3, -0.25) is 19.4 Å². The first-order valence-electron chi connectivity index (χ1n) is 7.92. The summed E-state index contributed by atoms with van der Waals surface area (Å²) in [7, 11) is 3.56. The van der Waals surface area contributed by atoms with E-state index in [-0.39, 0.29) is 23.7 Å². The normalized spacial score (nSPS) is 23.5. The fourth-order valence-electron chi connectivity index (χ4n) is 3.34. The smallest absolute Gasteiger partial charge is 0.234 e. The summed E-state index contributed by atoms with van der Waals surface area (Å²) in [5, 5.41) is 0. The van der Waals surface area contributed by atoms with Gasteiger partial charge < -0.3 is 4.74 Å². The zero-order valence-electron chi connectivity index (χ0n) is 13.6. The first-order valence-corrected chi connectivity index (χ1v) is 7.92. The molecule has 1 aliphatic carbocycles. The minimum Gasteiger partial charge on any atom is -0.497 e. The molecular weight excluding hydrogens is 292 g/mol. The van der Waals surface area contributed by atoms with Crippen LogP contribution >= 0.6 is 0 Å². The van der Waals surface area contributed by atoms with Gasteiger partial charge in [0.05, 0.1) is 25.6 Å². The van der Waals surface area contributed by atoms with Crippen LogP contribution in [0.4, 0.5) is 0 Å². The lowest BCUT2D eigenvalue weighted by atomic mass is 9.85. The second-order valence-corrected chi connectivity index (χ2v) is 6.26. The van der Waals surface area contributed by atoms with Gasteiger partial charge in [-0.15, -0.1) is 0 Å². The van der Waals surface area contributed by atoms with Crippen molar-refractivity contribution in [1.29, 1.82) is 0 Å². The Labute approximate surface area is 136 Å². The minimum atomic E-state index is -0.151. The Morgan fingerprint density at radius 2 is 1.65 bits per heavy atom. The van der Waals surface area contributed by atoms with Gasteiger partial charge in [-0.25, -0.2) is 0 Å². The number of rotatable bonds is 5. The van der Waals surface area contributed by atoms with E-state index in [1.807, 2.05) is 48.4 Å². The maximum atomic E-state index is 12.4. The molecule has 5 nitrogen and oxygen atoms in total. The van der Waals surface area contributed by atoms with E-state index < -0.39 is 0 Å². The highest BCUT2D eigenvalue weighted by Crippen LogP contribution is 2.35. The summed E-state index contributed by atoms with van der Waals surface area (Å²) in [6.45, 7) is 1.02. The van der Waals surface area contributed by atoms with Gasteiger partial charge in [-0.05, 0) is 37.6 Å². The molecule has 0 bridgehead atoms. The minimum absolute atomic E-state index is 0.0223. The van der Waals surface area contributed by atoms with Crippen molar-refractivity contribution < 1.29 is 14.3 Å². The molecule has 1 heterocycles. The molecule has 0 N–H and O–H groups in total. The number of ether oxygens (including phenoxy) is 1. The summed E-state index contributed by atoms with van der Waals surface area (Å²) in [6, 6.07) is 7.81. The van der Waals surface area contributed by atoms with Crippen molar-refractivity contribution in [3.8, 4) is 5.75 Å². The lowest BCUT2D eigenvalue weighted by molar-refractivity contribution is -0.142. The van der Waals surface area contributed by atoms with Crippen LogP contribution in [-0.2, 0) is 16.1 Å². The molecule has 0 aromatic heterocycles. The zero-order chi connectivity index (χ0) is 16.4. The van der Waals surface area contributed by atoms with Gasteiger partial charge >= 0.3 is 0 Å². The van der Waals surface area contributed by atoms with Gasteiger partial charge in [0, 0.05) is 6.54 Å². The van der Waals surface area contributed by atoms with Crippen LogP contribution in [0.25, 0.3) is 0 Å². The fourth-order valence-corrected chi connectivity index (χ4v) is 3.34. The summed E-state index contributed by atoms with van der Waals surface area (Å²) in [5.41, 5.74) is 1.12. The van der Waals surface area contributed by atoms with Crippen LogP contribution in [0.3, 0.4) is 0 Å². The number of likely N-dealkylation sites (tertiary alicyclic amines) is 1. The first kappa shape index (κ1) is 15.7. The van der Waals surface area contributed by atoms with Crippen molar-refractivity contribution in [2.24, 2.45) is 11.8 Å². The van der Waals surface area contributed by atoms with Crippen LogP contribution in [-0.4, -0.2) is 42.4 Å². The highest BCUT2D eigenvalue weighted by atomic mass is 16.5. The Morgan fingerprint density at radius 3 is 2.17 bits per heavy atom. The molecule has 0 spiro atoms. The van der Waals surface area contributed by atoms with Crippen molar-refractivity contribution in [1.82, 2.24) is 9.80 Å². The van der Waals surface area contributed by atoms with Crippen molar-refractivity contribution in [3.05, 3.63) is 42.0 Å². The van der Waals surface area contributed by atoms with E-state index in [9.17, 15) is 9.59 Å². The molecule has 2 amide bonds. The number of nitrogens with zero attached hydrogens (tertiary/aromatic N) is 2. The number of allylic oxidation sites excluding steroid dienone is 2. The quantitative estimate of drug-likeness (QED) is 0.616. The number of methoxy groups -OCH3 is 1. The third-order valence-corrected chi connectivity index (χ3v) is 4.59. The summed E-state index contributed by atoms with van der Waals surface area (Å²) in [5.74, 6) is 0.471. The summed E-state index contributed by atoms with van der Waals surface area (Å²) >= 11 is 0. The monoisotopic (exact) mass is 314 g/mol. The van der Waals surface area contributed by atoms with Gasteiger partial charge in [0.15, 0.2) is 0 Å². The number of hydrogen-bond acceptors (Lipinski definition) is 4. The molecular formula is C18H22N2O3. The van der Waals surface area contributed by atoms with Crippen LogP contribution in [0.1, 0.15) is 18.4 Å². The van der Waals surface area contributed by atoms with Gasteiger partial charge in [-0.2, -0.15) is 0 Å². The maximum absolute atomic E-state index is 12.4. The molecule has 5 heteroatoms. The van der Waals surface area contributed by atoms with Gasteiger partial charge in [0.1, 0.15) is 5.75 Å². The molecule has 0 saturated carbocycles. The van der Waals surface area contributed by atoms with Crippen LogP contribution in [0.15, 0.2) is 36.4 Å². The fraction of sp³-hybridized carbons (Fsp3) is 0.444. The Morgan fingerprint density at radius 1 is 1.09 bits per heavy atom. The first-order chi connectivity index (χ1) is 11.1. The van der Waals surface area contributed by atoms with Crippen molar-refractivity contribution >= 4 is 11.8 Å². The third kappa shape index (κ3) is 3.15. The largest absolute Gasteiger partial charge is 0.497 e. The van der Waals surface area contributed by atoms with Crippen LogP contribution in [0, 0.1) is 11.8 Å². The van der Waals surface area contributed by atoms with Crippen molar-refractivity contribution in [3.63, 3.8) is 0 Å². The number of carbonyl (C=O) groups is 2. The molecule has 1 saturated heterocycles. The van der Waals surface area contributed by atoms with Gasteiger partial charge in [0.2, 0.25) is 11.8 Å². The average molecular weight is 314 g/mol. The van der Waals surface area contributed by atoms with E-state index in [0.717, 1.165) is 11.3 Å². The van der Waals surface area contributed by atoms with Crippen molar-refractivity contribution in [2.75, 3.05) is 20.8 Å². The highest BCUT2D eigenvalue weighted by molar-refractivity contribution is 6.05. The Kier molecular flexibility index (Phi) is 4.48. The topological polar surface area (TPSA) is 49.9 Å². The average Bonchev–Trinajstić information content (AvgIpc) is 2.81. The van der Waals surface area contributed by atoms with Crippen LogP contribution < -0.4 is 4.74 Å². The molecule has 1 aromatic rings. The Balaban J connectivity index is 1.62. The lowest BCUT2D eigenvalue weighted by Gasteiger charge is -2.23. The molecule has 3 rings (SSSR count). The molecule has 2 aliphatic rings. The SMILES string of the molecule is COc1ccc(CN(C)CN2C(=O)[C@H]3CC=CC[C@H]3C2=O)cc1. The number of benzene rings is 1. The third-order valence-electron chi connectivity index (χ3n) is 4.59. The second-order valence-electron chi connectivity index (χ2n) is 6.26. The molecule has 2 atom stereocenters. The van der Waals surface area contributed by atoms with E-state index >= 15 is 0 Å². The second kappa shape index (κ2) is 6.54. The standard InChI is InChI=1S/C18H22N2O3/c1-19(11-13-7-9-14(23-2)10-8-13)12-20-17(21)15-5-3-4-6-16(15)18(20)22/h3-4,7-10,15-16H,5-6,11-12H2,1-2H3/t15-,16+. The molecule has 23 heavy (non-hydrogen) atoms. The molecule has 122 valence electrons. The zero-order valence-corrected chi connectivity index (χ0v) is 13.6. The number of amides is 2. The van der Waals surface area contributed by atoms with E-state index in [0.29, 0.717) is 26.1 Å². The molecule has 1 fully saturated rings. The Bertz CT molecular complexity index is 598. The molecule has 1 aromatic carbocycles. The van der Waals surface area contributed by atoms with E-state index in [1.54, 1.807) is 7.11 Å². The van der Waals surface area contributed by atoms with E-state index in [1.165, 1.54) is 4.90 Å².